The molecule has 2 aliphatic carbocycles. The maximum atomic E-state index is 11.1. The highest BCUT2D eigenvalue weighted by molar-refractivity contribution is 5.85. The number of methoxy groups -OCH3 is 2. The summed E-state index contributed by atoms with van der Waals surface area (Å²) in [5.74, 6) is -0.378. The van der Waals surface area contributed by atoms with Crippen molar-refractivity contribution in [3.8, 4) is 0 Å². The van der Waals surface area contributed by atoms with Crippen molar-refractivity contribution in [1.29, 1.82) is 0 Å². The van der Waals surface area contributed by atoms with E-state index in [-0.39, 0.29) is 60.7 Å². The first-order valence-corrected chi connectivity index (χ1v) is 8.18. The minimum atomic E-state index is -0.141. The molecule has 0 aromatic carbocycles. The normalized spacial score (nSPS) is 28.8. The number of hydrogen-bond acceptors (Lipinski definition) is 6. The molecule has 4 N–H and O–H groups in total. The number of hydrogen-bond donors (Lipinski definition) is 2. The lowest BCUT2D eigenvalue weighted by molar-refractivity contribution is -0.148. The van der Waals surface area contributed by atoms with Gasteiger partial charge in [0.25, 0.3) is 0 Å². The third-order valence-corrected chi connectivity index (χ3v) is 4.65. The van der Waals surface area contributed by atoms with E-state index >= 15 is 0 Å². The fourth-order valence-electron chi connectivity index (χ4n) is 3.21. The quantitative estimate of drug-likeness (QED) is 0.704. The molecule has 0 aliphatic heterocycles. The number of esters is 2. The lowest BCUT2D eigenvalue weighted by Gasteiger charge is -2.25. The number of carbonyl (C=O) groups excluding carboxylic acids is 2. The Labute approximate surface area is 157 Å². The topological polar surface area (TPSA) is 105 Å². The first kappa shape index (κ1) is 25.7. The van der Waals surface area contributed by atoms with E-state index < -0.39 is 0 Å². The smallest absolute Gasteiger partial charge is 0.310 e. The monoisotopic (exact) mass is 386 g/mol. The van der Waals surface area contributed by atoms with Crippen molar-refractivity contribution < 1.29 is 19.1 Å². The van der Waals surface area contributed by atoms with Crippen LogP contribution in [0, 0.1) is 11.8 Å². The molecule has 2 aliphatic rings. The van der Waals surface area contributed by atoms with E-state index in [0.29, 0.717) is 0 Å². The van der Waals surface area contributed by atoms with Crippen LogP contribution < -0.4 is 11.5 Å². The molecule has 0 aromatic rings. The molecule has 4 unspecified atom stereocenters. The van der Waals surface area contributed by atoms with Crippen LogP contribution in [0.15, 0.2) is 0 Å². The molecule has 2 fully saturated rings. The largest absolute Gasteiger partial charge is 0.469 e. The van der Waals surface area contributed by atoms with Gasteiger partial charge in [-0.05, 0) is 25.7 Å². The number of rotatable bonds is 2. The van der Waals surface area contributed by atoms with Crippen LogP contribution in [0.4, 0.5) is 0 Å². The molecule has 2 rings (SSSR count). The first-order chi connectivity index (χ1) is 10.5. The van der Waals surface area contributed by atoms with Crippen molar-refractivity contribution in [3.05, 3.63) is 0 Å². The van der Waals surface area contributed by atoms with Gasteiger partial charge in [-0.3, -0.25) is 9.59 Å². The van der Waals surface area contributed by atoms with E-state index in [2.05, 4.69) is 9.47 Å². The highest BCUT2D eigenvalue weighted by Gasteiger charge is 2.29. The zero-order valence-corrected chi connectivity index (χ0v) is 16.2. The molecule has 0 radical (unpaired) electrons. The van der Waals surface area contributed by atoms with Gasteiger partial charge in [0.15, 0.2) is 0 Å². The minimum absolute atomic E-state index is 0. The first-order valence-electron chi connectivity index (χ1n) is 8.18. The summed E-state index contributed by atoms with van der Waals surface area (Å²) >= 11 is 0. The fourth-order valence-corrected chi connectivity index (χ4v) is 3.21. The molecule has 4 atom stereocenters. The van der Waals surface area contributed by atoms with Gasteiger partial charge < -0.3 is 20.9 Å². The third-order valence-electron chi connectivity index (χ3n) is 4.65. The maximum Gasteiger partial charge on any atom is 0.310 e. The van der Waals surface area contributed by atoms with Crippen LogP contribution in [0.3, 0.4) is 0 Å². The Kier molecular flexibility index (Phi) is 14.7. The second-order valence-corrected chi connectivity index (χ2v) is 6.16. The van der Waals surface area contributed by atoms with Crippen LogP contribution in [-0.4, -0.2) is 38.2 Å². The molecule has 0 heterocycles. The van der Waals surface area contributed by atoms with Crippen LogP contribution >= 0.6 is 24.8 Å². The summed E-state index contributed by atoms with van der Waals surface area (Å²) < 4.78 is 9.28. The summed E-state index contributed by atoms with van der Waals surface area (Å²) in [5.41, 5.74) is 11.5. The molecule has 0 bridgehead atoms. The van der Waals surface area contributed by atoms with Crippen molar-refractivity contribution >= 4 is 36.8 Å². The van der Waals surface area contributed by atoms with Crippen LogP contribution in [0.25, 0.3) is 0 Å². The van der Waals surface area contributed by atoms with Crippen LogP contribution in [0.5, 0.6) is 0 Å². The van der Waals surface area contributed by atoms with Gasteiger partial charge in [0.2, 0.25) is 0 Å². The average Bonchev–Trinajstić information content (AvgIpc) is 2.55. The summed E-state index contributed by atoms with van der Waals surface area (Å²) in [6.45, 7) is 0. The molecule has 0 saturated heterocycles. The molecular formula is C16H32Cl2N2O4. The second kappa shape index (κ2) is 13.7. The van der Waals surface area contributed by atoms with Gasteiger partial charge in [0, 0.05) is 12.1 Å². The Hall–Kier alpha value is -0.560. The molecule has 24 heavy (non-hydrogen) atoms. The van der Waals surface area contributed by atoms with Crippen molar-refractivity contribution in [2.75, 3.05) is 14.2 Å². The van der Waals surface area contributed by atoms with Crippen molar-refractivity contribution in [2.45, 2.75) is 63.5 Å². The molecule has 0 spiro atoms. The predicted molar refractivity (Wildman–Crippen MR) is 98.4 cm³/mol. The van der Waals surface area contributed by atoms with E-state index in [1.165, 1.54) is 14.2 Å². The number of nitrogens with two attached hydrogens (primary N) is 2. The lowest BCUT2D eigenvalue weighted by atomic mass is 9.85. The Morgan fingerprint density at radius 1 is 0.708 bits per heavy atom. The highest BCUT2D eigenvalue weighted by Crippen LogP contribution is 2.24. The summed E-state index contributed by atoms with van der Waals surface area (Å²) in [5, 5.41) is 0. The van der Waals surface area contributed by atoms with Gasteiger partial charge in [-0.1, -0.05) is 25.7 Å². The van der Waals surface area contributed by atoms with Gasteiger partial charge in [-0.15, -0.1) is 24.8 Å². The summed E-state index contributed by atoms with van der Waals surface area (Å²) in [6.07, 6.45) is 8.21. The number of ether oxygens (including phenoxy) is 2. The highest BCUT2D eigenvalue weighted by atomic mass is 35.5. The summed E-state index contributed by atoms with van der Waals surface area (Å²) in [4.78, 5) is 22.2. The second-order valence-electron chi connectivity index (χ2n) is 6.16. The molecule has 0 amide bonds. The predicted octanol–water partition coefficient (Wildman–Crippen LogP) is 2.20. The minimum Gasteiger partial charge on any atom is -0.469 e. The van der Waals surface area contributed by atoms with Crippen LogP contribution in [-0.2, 0) is 19.1 Å². The SMILES string of the molecule is COC(=O)C1CCCCC1N.COC(=O)C1CCCCC1N.Cl.Cl. The standard InChI is InChI=1S/2C8H15NO2.2ClH/c2*1-11-8(10)6-4-2-3-5-7(6)9;;/h2*6-7H,2-5,9H2,1H3;2*1H. The van der Waals surface area contributed by atoms with Gasteiger partial charge in [-0.2, -0.15) is 0 Å². The van der Waals surface area contributed by atoms with Gasteiger partial charge in [0.1, 0.15) is 0 Å². The van der Waals surface area contributed by atoms with Crippen molar-refractivity contribution in [1.82, 2.24) is 0 Å². The Morgan fingerprint density at radius 3 is 1.25 bits per heavy atom. The van der Waals surface area contributed by atoms with Gasteiger partial charge in [-0.25, -0.2) is 0 Å². The van der Waals surface area contributed by atoms with E-state index in [0.717, 1.165) is 51.4 Å². The Balaban J connectivity index is 0. The summed E-state index contributed by atoms with van der Waals surface area (Å²) in [7, 11) is 2.84. The third kappa shape index (κ3) is 8.01. The molecule has 6 nitrogen and oxygen atoms in total. The van der Waals surface area contributed by atoms with Crippen LogP contribution in [0.2, 0.25) is 0 Å². The van der Waals surface area contributed by atoms with Gasteiger partial charge in [0.05, 0.1) is 26.1 Å². The maximum absolute atomic E-state index is 11.1. The zero-order chi connectivity index (χ0) is 16.5. The van der Waals surface area contributed by atoms with Gasteiger partial charge >= 0.3 is 11.9 Å². The summed E-state index contributed by atoms with van der Waals surface area (Å²) in [6, 6.07) is 0.0485. The zero-order valence-electron chi connectivity index (χ0n) is 14.6. The van der Waals surface area contributed by atoms with E-state index in [4.69, 9.17) is 11.5 Å². The number of halogens is 2. The fraction of sp³-hybridized carbons (Fsp3) is 0.875. The molecule has 144 valence electrons. The average molecular weight is 387 g/mol. The molecule has 0 aromatic heterocycles. The molecule has 8 heteroatoms. The lowest BCUT2D eigenvalue weighted by Crippen LogP contribution is -2.38. The van der Waals surface area contributed by atoms with Crippen molar-refractivity contribution in [3.63, 3.8) is 0 Å². The molecular weight excluding hydrogens is 355 g/mol. The Bertz CT molecular complexity index is 338. The van der Waals surface area contributed by atoms with E-state index in [9.17, 15) is 9.59 Å². The van der Waals surface area contributed by atoms with E-state index in [1.54, 1.807) is 0 Å². The van der Waals surface area contributed by atoms with Crippen LogP contribution in [0.1, 0.15) is 51.4 Å². The van der Waals surface area contributed by atoms with Crippen molar-refractivity contribution in [2.24, 2.45) is 23.3 Å². The van der Waals surface area contributed by atoms with E-state index in [1.807, 2.05) is 0 Å². The number of carbonyl (C=O) groups is 2. The molecule has 2 saturated carbocycles. The Morgan fingerprint density at radius 2 is 1.00 bits per heavy atom.